The van der Waals surface area contributed by atoms with Crippen molar-refractivity contribution < 1.29 is 14.3 Å². The first kappa shape index (κ1) is 11.0. The molecule has 0 bridgehead atoms. The molecular weight excluding hydrogens is 206 g/mol. The van der Waals surface area contributed by atoms with Gasteiger partial charge in [0.05, 0.1) is 12.7 Å². The molecule has 1 saturated heterocycles. The van der Waals surface area contributed by atoms with E-state index in [1.807, 2.05) is 37.3 Å². The van der Waals surface area contributed by atoms with Crippen LogP contribution in [-0.4, -0.2) is 18.8 Å². The first-order valence-corrected chi connectivity index (χ1v) is 5.26. The fourth-order valence-corrected chi connectivity index (χ4v) is 1.85. The van der Waals surface area contributed by atoms with Gasteiger partial charge >= 0.3 is 6.09 Å². The largest absolute Gasteiger partial charge is 0.438 e. The predicted molar refractivity (Wildman–Crippen MR) is 58.8 cm³/mol. The van der Waals surface area contributed by atoms with Crippen LogP contribution in [0.4, 0.5) is 4.79 Å². The topological polar surface area (TPSA) is 64.8 Å². The van der Waals surface area contributed by atoms with Gasteiger partial charge in [0, 0.05) is 6.42 Å². The van der Waals surface area contributed by atoms with Gasteiger partial charge in [-0.2, -0.15) is 0 Å². The highest BCUT2D eigenvalue weighted by Gasteiger charge is 2.38. The van der Waals surface area contributed by atoms with Gasteiger partial charge in [-0.25, -0.2) is 4.79 Å². The second-order valence-electron chi connectivity index (χ2n) is 4.18. The summed E-state index contributed by atoms with van der Waals surface area (Å²) in [4.78, 5) is 10.9. The molecule has 4 nitrogen and oxygen atoms in total. The molecule has 0 saturated carbocycles. The summed E-state index contributed by atoms with van der Waals surface area (Å²) in [7, 11) is 0. The van der Waals surface area contributed by atoms with Crippen molar-refractivity contribution >= 4 is 6.09 Å². The molecule has 1 aromatic rings. The lowest BCUT2D eigenvalue weighted by Gasteiger charge is -2.28. The summed E-state index contributed by atoms with van der Waals surface area (Å²) in [5.74, 6) is 0. The lowest BCUT2D eigenvalue weighted by Crippen LogP contribution is -2.33. The Morgan fingerprint density at radius 1 is 1.56 bits per heavy atom. The first-order chi connectivity index (χ1) is 7.60. The molecule has 1 aliphatic rings. The fraction of sp³-hybridized carbons (Fsp3) is 0.417. The molecule has 1 amide bonds. The van der Waals surface area contributed by atoms with Crippen LogP contribution < -0.4 is 5.73 Å². The summed E-state index contributed by atoms with van der Waals surface area (Å²) >= 11 is 0. The van der Waals surface area contributed by atoms with Gasteiger partial charge in [0.25, 0.3) is 0 Å². The van der Waals surface area contributed by atoms with E-state index in [2.05, 4.69) is 0 Å². The van der Waals surface area contributed by atoms with E-state index in [0.717, 1.165) is 12.2 Å². The molecule has 1 aromatic carbocycles. The Balaban J connectivity index is 2.21. The van der Waals surface area contributed by atoms with Crippen molar-refractivity contribution in [3.63, 3.8) is 0 Å². The quantitative estimate of drug-likeness (QED) is 0.788. The predicted octanol–water partition coefficient (Wildman–Crippen LogP) is 1.79. The third kappa shape index (κ3) is 2.52. The number of benzene rings is 1. The highest BCUT2D eigenvalue weighted by atomic mass is 16.6. The van der Waals surface area contributed by atoms with Gasteiger partial charge in [0.1, 0.15) is 5.60 Å². The van der Waals surface area contributed by atoms with Gasteiger partial charge in [-0.1, -0.05) is 30.3 Å². The number of epoxide rings is 1. The van der Waals surface area contributed by atoms with Crippen LogP contribution in [0.3, 0.4) is 0 Å². The minimum Gasteiger partial charge on any atom is -0.438 e. The van der Waals surface area contributed by atoms with Crippen molar-refractivity contribution in [1.82, 2.24) is 0 Å². The third-order valence-corrected chi connectivity index (χ3v) is 2.73. The Morgan fingerprint density at radius 3 is 2.69 bits per heavy atom. The Hall–Kier alpha value is -1.55. The van der Waals surface area contributed by atoms with Gasteiger partial charge in [-0.15, -0.1) is 0 Å². The molecule has 4 heteroatoms. The molecule has 2 unspecified atom stereocenters. The Kier molecular flexibility index (Phi) is 2.83. The maximum absolute atomic E-state index is 10.9. The van der Waals surface area contributed by atoms with E-state index in [-0.39, 0.29) is 6.10 Å². The maximum Gasteiger partial charge on any atom is 0.405 e. The number of rotatable bonds is 4. The SMILES string of the molecule is CC(CC1CO1)(OC(N)=O)c1ccccc1. The Labute approximate surface area is 94.3 Å². The van der Waals surface area contributed by atoms with Gasteiger partial charge in [-0.05, 0) is 12.5 Å². The Bertz CT molecular complexity index is 375. The lowest BCUT2D eigenvalue weighted by atomic mass is 9.91. The minimum atomic E-state index is -0.757. The van der Waals surface area contributed by atoms with Crippen molar-refractivity contribution in [3.05, 3.63) is 35.9 Å². The number of carbonyl (C=O) groups excluding carboxylic acids is 1. The summed E-state index contributed by atoms with van der Waals surface area (Å²) < 4.78 is 10.4. The summed E-state index contributed by atoms with van der Waals surface area (Å²) in [6.45, 7) is 2.58. The first-order valence-electron chi connectivity index (χ1n) is 5.26. The molecule has 86 valence electrons. The molecule has 0 aromatic heterocycles. The van der Waals surface area contributed by atoms with E-state index in [9.17, 15) is 4.79 Å². The number of ether oxygens (including phenoxy) is 2. The highest BCUT2D eigenvalue weighted by Crippen LogP contribution is 2.34. The van der Waals surface area contributed by atoms with Gasteiger partial charge in [0.2, 0.25) is 0 Å². The van der Waals surface area contributed by atoms with Crippen LogP contribution in [0.2, 0.25) is 0 Å². The fourth-order valence-electron chi connectivity index (χ4n) is 1.85. The molecule has 1 heterocycles. The molecule has 0 radical (unpaired) electrons. The summed E-state index contributed by atoms with van der Waals surface area (Å²) in [6, 6.07) is 9.58. The number of hydrogen-bond donors (Lipinski definition) is 1. The van der Waals surface area contributed by atoms with Gasteiger partial charge < -0.3 is 15.2 Å². The standard InChI is InChI=1S/C12H15NO3/c1-12(16-11(13)14,7-10-8-15-10)9-5-3-2-4-6-9/h2-6,10H,7-8H2,1H3,(H2,13,14). The molecule has 2 atom stereocenters. The van der Waals surface area contributed by atoms with Gasteiger partial charge in [-0.3, -0.25) is 0 Å². The van der Waals surface area contributed by atoms with E-state index >= 15 is 0 Å². The summed E-state index contributed by atoms with van der Waals surface area (Å²) in [5.41, 5.74) is 5.34. The monoisotopic (exact) mass is 221 g/mol. The molecule has 0 aliphatic carbocycles. The molecule has 0 spiro atoms. The second kappa shape index (κ2) is 4.14. The van der Waals surface area contributed by atoms with Gasteiger partial charge in [0.15, 0.2) is 0 Å². The Morgan fingerprint density at radius 2 is 2.19 bits per heavy atom. The molecule has 2 N–H and O–H groups in total. The van der Waals surface area contributed by atoms with E-state index in [0.29, 0.717) is 6.42 Å². The van der Waals surface area contributed by atoms with E-state index in [4.69, 9.17) is 15.2 Å². The van der Waals surface area contributed by atoms with Crippen LogP contribution in [-0.2, 0) is 15.1 Å². The molecule has 2 rings (SSSR count). The smallest absolute Gasteiger partial charge is 0.405 e. The maximum atomic E-state index is 10.9. The zero-order chi connectivity index (χ0) is 11.6. The van der Waals surface area contributed by atoms with Crippen LogP contribution in [0.15, 0.2) is 30.3 Å². The normalized spacial score (nSPS) is 22.2. The van der Waals surface area contributed by atoms with E-state index in [1.54, 1.807) is 0 Å². The minimum absolute atomic E-state index is 0.171. The molecular formula is C12H15NO3. The van der Waals surface area contributed by atoms with Crippen LogP contribution in [0.1, 0.15) is 18.9 Å². The third-order valence-electron chi connectivity index (χ3n) is 2.73. The zero-order valence-corrected chi connectivity index (χ0v) is 9.18. The van der Waals surface area contributed by atoms with Crippen molar-refractivity contribution in [3.8, 4) is 0 Å². The zero-order valence-electron chi connectivity index (χ0n) is 9.18. The highest BCUT2D eigenvalue weighted by molar-refractivity contribution is 5.65. The summed E-state index contributed by atoms with van der Waals surface area (Å²) in [5, 5.41) is 0. The van der Waals surface area contributed by atoms with E-state index in [1.165, 1.54) is 0 Å². The number of nitrogens with two attached hydrogens (primary N) is 1. The van der Waals surface area contributed by atoms with Crippen molar-refractivity contribution in [2.45, 2.75) is 25.0 Å². The number of carbonyl (C=O) groups is 1. The number of amides is 1. The molecule has 1 fully saturated rings. The average Bonchev–Trinajstić information content (AvgIpc) is 3.02. The van der Waals surface area contributed by atoms with Crippen molar-refractivity contribution in [2.24, 2.45) is 5.73 Å². The molecule has 1 aliphatic heterocycles. The van der Waals surface area contributed by atoms with Crippen LogP contribution >= 0.6 is 0 Å². The van der Waals surface area contributed by atoms with Crippen molar-refractivity contribution in [2.75, 3.05) is 6.61 Å². The lowest BCUT2D eigenvalue weighted by molar-refractivity contribution is 0.0155. The van der Waals surface area contributed by atoms with Crippen LogP contribution in [0.5, 0.6) is 0 Å². The van der Waals surface area contributed by atoms with Crippen LogP contribution in [0.25, 0.3) is 0 Å². The average molecular weight is 221 g/mol. The van der Waals surface area contributed by atoms with E-state index < -0.39 is 11.7 Å². The van der Waals surface area contributed by atoms with Crippen molar-refractivity contribution in [1.29, 1.82) is 0 Å². The van der Waals surface area contributed by atoms with Crippen LogP contribution in [0, 0.1) is 0 Å². The number of hydrogen-bond acceptors (Lipinski definition) is 3. The second-order valence-corrected chi connectivity index (χ2v) is 4.18. The summed E-state index contributed by atoms with van der Waals surface area (Å²) in [6.07, 6.45) is 0.0523. The number of primary amides is 1. The molecule has 16 heavy (non-hydrogen) atoms.